The summed E-state index contributed by atoms with van der Waals surface area (Å²) in [6.07, 6.45) is 1.35. The Bertz CT molecular complexity index is 428. The van der Waals surface area contributed by atoms with Crippen molar-refractivity contribution >= 4 is 23.5 Å². The van der Waals surface area contributed by atoms with E-state index in [1.807, 2.05) is 24.3 Å². The standard InChI is InChI=1S/C12H12O3S/c13-11(14)7-3-6-10-12(15)8-4-1-2-5-9(8)16-10/h1-2,4-5,10H,3,6-7H2,(H,13,14). The van der Waals surface area contributed by atoms with E-state index in [4.69, 9.17) is 5.11 Å². The van der Waals surface area contributed by atoms with E-state index in [1.54, 1.807) is 11.8 Å². The number of carboxylic acid groups (broad SMARTS) is 1. The van der Waals surface area contributed by atoms with Crippen molar-refractivity contribution in [3.05, 3.63) is 29.8 Å². The molecule has 0 spiro atoms. The molecule has 1 unspecified atom stereocenters. The van der Waals surface area contributed by atoms with E-state index < -0.39 is 5.97 Å². The number of ketones is 1. The highest BCUT2D eigenvalue weighted by Gasteiger charge is 2.30. The van der Waals surface area contributed by atoms with E-state index in [-0.39, 0.29) is 17.5 Å². The van der Waals surface area contributed by atoms with Gasteiger partial charge in [-0.05, 0) is 18.9 Å². The largest absolute Gasteiger partial charge is 0.481 e. The van der Waals surface area contributed by atoms with Crippen molar-refractivity contribution in [3.8, 4) is 0 Å². The van der Waals surface area contributed by atoms with Gasteiger partial charge < -0.3 is 5.11 Å². The highest BCUT2D eigenvalue weighted by Crippen LogP contribution is 2.38. The molecule has 1 N–H and O–H groups in total. The molecular formula is C12H12O3S. The summed E-state index contributed by atoms with van der Waals surface area (Å²) in [5.41, 5.74) is 0.785. The van der Waals surface area contributed by atoms with Crippen molar-refractivity contribution in [1.29, 1.82) is 0 Å². The minimum Gasteiger partial charge on any atom is -0.481 e. The summed E-state index contributed by atoms with van der Waals surface area (Å²) >= 11 is 1.55. The third-order valence-corrected chi connectivity index (χ3v) is 3.92. The van der Waals surface area contributed by atoms with Gasteiger partial charge in [-0.15, -0.1) is 11.8 Å². The quantitative estimate of drug-likeness (QED) is 0.873. The average molecular weight is 236 g/mol. The summed E-state index contributed by atoms with van der Waals surface area (Å²) in [4.78, 5) is 23.3. The van der Waals surface area contributed by atoms with Crippen LogP contribution >= 0.6 is 11.8 Å². The molecular weight excluding hydrogens is 224 g/mol. The SMILES string of the molecule is O=C(O)CCCC1Sc2ccccc2C1=O. The van der Waals surface area contributed by atoms with Crippen molar-refractivity contribution in [3.63, 3.8) is 0 Å². The van der Waals surface area contributed by atoms with Gasteiger partial charge in [0.15, 0.2) is 5.78 Å². The minimum absolute atomic E-state index is 0.0863. The maximum Gasteiger partial charge on any atom is 0.303 e. The summed E-state index contributed by atoms with van der Waals surface area (Å²) in [5, 5.41) is 8.45. The Balaban J connectivity index is 1.97. The van der Waals surface area contributed by atoms with E-state index in [0.29, 0.717) is 12.8 Å². The predicted octanol–water partition coefficient (Wildman–Crippen LogP) is 2.60. The number of benzene rings is 1. The number of rotatable bonds is 4. The molecule has 2 rings (SSSR count). The Morgan fingerprint density at radius 1 is 1.38 bits per heavy atom. The van der Waals surface area contributed by atoms with Crippen molar-refractivity contribution in [2.24, 2.45) is 0 Å². The Labute approximate surface area is 97.9 Å². The second-order valence-corrected chi connectivity index (χ2v) is 5.00. The maximum absolute atomic E-state index is 11.9. The normalized spacial score (nSPS) is 18.5. The Morgan fingerprint density at radius 2 is 2.12 bits per heavy atom. The van der Waals surface area contributed by atoms with Gasteiger partial charge >= 0.3 is 5.97 Å². The zero-order valence-electron chi connectivity index (χ0n) is 8.68. The molecule has 1 aliphatic rings. The fraction of sp³-hybridized carbons (Fsp3) is 0.333. The number of hydrogen-bond acceptors (Lipinski definition) is 3. The van der Waals surface area contributed by atoms with Gasteiger partial charge in [-0.1, -0.05) is 18.2 Å². The zero-order chi connectivity index (χ0) is 11.5. The molecule has 0 radical (unpaired) electrons. The van der Waals surface area contributed by atoms with Gasteiger partial charge in [0.1, 0.15) is 0 Å². The van der Waals surface area contributed by atoms with Crippen LogP contribution in [0, 0.1) is 0 Å². The monoisotopic (exact) mass is 236 g/mol. The number of carbonyl (C=O) groups is 2. The molecule has 1 atom stereocenters. The first-order valence-corrected chi connectivity index (χ1v) is 6.08. The van der Waals surface area contributed by atoms with Gasteiger partial charge in [-0.25, -0.2) is 0 Å². The highest BCUT2D eigenvalue weighted by molar-refractivity contribution is 8.01. The summed E-state index contributed by atoms with van der Waals surface area (Å²) in [7, 11) is 0. The molecule has 1 heterocycles. The Kier molecular flexibility index (Phi) is 3.29. The summed E-state index contributed by atoms with van der Waals surface area (Å²) < 4.78 is 0. The van der Waals surface area contributed by atoms with Crippen LogP contribution in [0.2, 0.25) is 0 Å². The van der Waals surface area contributed by atoms with Crippen LogP contribution in [0.4, 0.5) is 0 Å². The molecule has 84 valence electrons. The second-order valence-electron chi connectivity index (χ2n) is 3.75. The number of Topliss-reactive ketones (excluding diaryl/α,β-unsaturated/α-hetero) is 1. The topological polar surface area (TPSA) is 54.4 Å². The van der Waals surface area contributed by atoms with Crippen LogP contribution in [0.5, 0.6) is 0 Å². The molecule has 0 aliphatic carbocycles. The first-order chi connectivity index (χ1) is 7.68. The first-order valence-electron chi connectivity index (χ1n) is 5.20. The minimum atomic E-state index is -0.798. The molecule has 4 heteroatoms. The fourth-order valence-corrected chi connectivity index (χ4v) is 3.06. The summed E-state index contributed by atoms with van der Waals surface area (Å²) in [6, 6.07) is 7.55. The molecule has 0 saturated carbocycles. The van der Waals surface area contributed by atoms with E-state index in [9.17, 15) is 9.59 Å². The molecule has 1 aromatic carbocycles. The number of carbonyl (C=O) groups excluding carboxylic acids is 1. The van der Waals surface area contributed by atoms with Crippen molar-refractivity contribution in [2.75, 3.05) is 0 Å². The number of carboxylic acids is 1. The molecule has 0 bridgehead atoms. The lowest BCUT2D eigenvalue weighted by Gasteiger charge is -2.04. The first kappa shape index (κ1) is 11.2. The average Bonchev–Trinajstić information content (AvgIpc) is 2.56. The van der Waals surface area contributed by atoms with Crippen LogP contribution in [0.3, 0.4) is 0 Å². The van der Waals surface area contributed by atoms with E-state index in [0.717, 1.165) is 10.5 Å². The van der Waals surface area contributed by atoms with E-state index >= 15 is 0 Å². The number of hydrogen-bond donors (Lipinski definition) is 1. The van der Waals surface area contributed by atoms with Crippen molar-refractivity contribution < 1.29 is 14.7 Å². The van der Waals surface area contributed by atoms with Gasteiger partial charge in [0.2, 0.25) is 0 Å². The lowest BCUT2D eigenvalue weighted by Crippen LogP contribution is -2.12. The second kappa shape index (κ2) is 4.70. The Hall–Kier alpha value is -1.29. The van der Waals surface area contributed by atoms with E-state index in [1.165, 1.54) is 0 Å². The van der Waals surface area contributed by atoms with Crippen molar-refractivity contribution in [1.82, 2.24) is 0 Å². The molecule has 3 nitrogen and oxygen atoms in total. The van der Waals surface area contributed by atoms with Crippen LogP contribution in [-0.2, 0) is 4.79 Å². The van der Waals surface area contributed by atoms with Crippen LogP contribution in [-0.4, -0.2) is 22.1 Å². The third-order valence-electron chi connectivity index (χ3n) is 2.57. The van der Waals surface area contributed by atoms with Crippen LogP contribution < -0.4 is 0 Å². The smallest absolute Gasteiger partial charge is 0.303 e. The molecule has 0 aromatic heterocycles. The molecule has 16 heavy (non-hydrogen) atoms. The van der Waals surface area contributed by atoms with Crippen molar-refractivity contribution in [2.45, 2.75) is 29.4 Å². The molecule has 0 saturated heterocycles. The van der Waals surface area contributed by atoms with Gasteiger partial charge in [0, 0.05) is 16.9 Å². The van der Waals surface area contributed by atoms with Crippen LogP contribution in [0.15, 0.2) is 29.2 Å². The van der Waals surface area contributed by atoms with Crippen LogP contribution in [0.1, 0.15) is 29.6 Å². The molecule has 0 amide bonds. The number of thioether (sulfide) groups is 1. The fourth-order valence-electron chi connectivity index (χ4n) is 1.78. The number of aliphatic carboxylic acids is 1. The summed E-state index contributed by atoms with van der Waals surface area (Å²) in [6.45, 7) is 0. The zero-order valence-corrected chi connectivity index (χ0v) is 9.50. The predicted molar refractivity (Wildman–Crippen MR) is 61.9 cm³/mol. The third kappa shape index (κ3) is 2.27. The highest BCUT2D eigenvalue weighted by atomic mass is 32.2. The van der Waals surface area contributed by atoms with Gasteiger partial charge in [-0.2, -0.15) is 0 Å². The maximum atomic E-state index is 11.9. The molecule has 1 aromatic rings. The molecule has 1 aliphatic heterocycles. The van der Waals surface area contributed by atoms with E-state index in [2.05, 4.69) is 0 Å². The van der Waals surface area contributed by atoms with Gasteiger partial charge in [-0.3, -0.25) is 9.59 Å². The Morgan fingerprint density at radius 3 is 2.81 bits per heavy atom. The lowest BCUT2D eigenvalue weighted by atomic mass is 10.0. The molecule has 0 fully saturated rings. The lowest BCUT2D eigenvalue weighted by molar-refractivity contribution is -0.137. The van der Waals surface area contributed by atoms with Crippen LogP contribution in [0.25, 0.3) is 0 Å². The van der Waals surface area contributed by atoms with Gasteiger partial charge in [0.25, 0.3) is 0 Å². The number of fused-ring (bicyclic) bond motifs is 1. The summed E-state index contributed by atoms with van der Waals surface area (Å²) in [5.74, 6) is -0.654. The van der Waals surface area contributed by atoms with Gasteiger partial charge in [0.05, 0.1) is 5.25 Å².